The van der Waals surface area contributed by atoms with Gasteiger partial charge in [-0.2, -0.15) is 0 Å². The molecule has 0 saturated heterocycles. The Bertz CT molecular complexity index is 351. The van der Waals surface area contributed by atoms with E-state index in [0.717, 1.165) is 11.2 Å². The third kappa shape index (κ3) is 0.621. The summed E-state index contributed by atoms with van der Waals surface area (Å²) in [6.07, 6.45) is 3.31. The lowest BCUT2D eigenvalue weighted by Gasteiger charge is -1.89. The molecule has 0 saturated carbocycles. The van der Waals surface area contributed by atoms with Crippen molar-refractivity contribution >= 4 is 17.0 Å². The fraction of sp³-hybridized carbons (Fsp3) is 0. The van der Waals surface area contributed by atoms with Crippen LogP contribution in [0.5, 0.6) is 0 Å². The molecule has 0 unspecified atom stereocenters. The van der Waals surface area contributed by atoms with Gasteiger partial charge in [0.2, 0.25) is 0 Å². The van der Waals surface area contributed by atoms with Crippen molar-refractivity contribution in [3.63, 3.8) is 0 Å². The third-order valence-corrected chi connectivity index (χ3v) is 1.28. The third-order valence-electron chi connectivity index (χ3n) is 1.28. The first-order valence-electron chi connectivity index (χ1n) is 2.92. The Morgan fingerprint density at radius 2 is 2.40 bits per heavy atom. The van der Waals surface area contributed by atoms with E-state index >= 15 is 0 Å². The second kappa shape index (κ2) is 1.70. The van der Waals surface area contributed by atoms with Gasteiger partial charge in [-0.05, 0) is 6.07 Å². The molecule has 0 aliphatic carbocycles. The van der Waals surface area contributed by atoms with Crippen molar-refractivity contribution < 1.29 is 0 Å². The number of hydrogen-bond acceptors (Lipinski definition) is 3. The van der Waals surface area contributed by atoms with Gasteiger partial charge in [0.15, 0.2) is 5.65 Å². The molecular formula is C6H6N4. The largest absolute Gasteiger partial charge is 0.382 e. The zero-order valence-electron chi connectivity index (χ0n) is 5.20. The minimum Gasteiger partial charge on any atom is -0.382 e. The van der Waals surface area contributed by atoms with Crippen LogP contribution in [0.3, 0.4) is 0 Å². The molecule has 2 rings (SSSR count). The van der Waals surface area contributed by atoms with Gasteiger partial charge in [-0.1, -0.05) is 0 Å². The van der Waals surface area contributed by atoms with E-state index in [-0.39, 0.29) is 0 Å². The fourth-order valence-electron chi connectivity index (χ4n) is 0.845. The highest BCUT2D eigenvalue weighted by atomic mass is 14.9. The van der Waals surface area contributed by atoms with Crippen LogP contribution in [0, 0.1) is 0 Å². The first-order valence-corrected chi connectivity index (χ1v) is 2.92. The molecule has 0 aliphatic rings. The Hall–Kier alpha value is -1.58. The number of anilines is 1. The van der Waals surface area contributed by atoms with Crippen molar-refractivity contribution in [2.24, 2.45) is 0 Å². The van der Waals surface area contributed by atoms with Crippen molar-refractivity contribution in [3.05, 3.63) is 18.5 Å². The van der Waals surface area contributed by atoms with E-state index in [2.05, 4.69) is 15.0 Å². The summed E-state index contributed by atoms with van der Waals surface area (Å²) in [6.45, 7) is 0. The molecule has 4 nitrogen and oxygen atoms in total. The monoisotopic (exact) mass is 134 g/mol. The minimum absolute atomic E-state index is 0.451. The van der Waals surface area contributed by atoms with Gasteiger partial charge in [-0.15, -0.1) is 0 Å². The van der Waals surface area contributed by atoms with E-state index < -0.39 is 0 Å². The first kappa shape index (κ1) is 5.22. The van der Waals surface area contributed by atoms with Crippen molar-refractivity contribution in [2.75, 3.05) is 5.73 Å². The average molecular weight is 134 g/mol. The predicted octanol–water partition coefficient (Wildman–Crippen LogP) is 0.540. The number of aromatic amines is 1. The van der Waals surface area contributed by atoms with Crippen LogP contribution in [-0.2, 0) is 0 Å². The predicted molar refractivity (Wildman–Crippen MR) is 38.3 cm³/mol. The average Bonchev–Trinajstić information content (AvgIpc) is 2.33. The molecule has 0 aliphatic heterocycles. The summed E-state index contributed by atoms with van der Waals surface area (Å²) in [5.74, 6) is 0.451. The van der Waals surface area contributed by atoms with Crippen molar-refractivity contribution in [1.82, 2.24) is 15.0 Å². The van der Waals surface area contributed by atoms with Crippen molar-refractivity contribution in [2.45, 2.75) is 0 Å². The molecule has 50 valence electrons. The smallest absolute Gasteiger partial charge is 0.156 e. The second-order valence-electron chi connectivity index (χ2n) is 2.01. The summed E-state index contributed by atoms with van der Waals surface area (Å²) in [5.41, 5.74) is 6.97. The van der Waals surface area contributed by atoms with Gasteiger partial charge < -0.3 is 10.7 Å². The van der Waals surface area contributed by atoms with Crippen LogP contribution in [0.25, 0.3) is 11.2 Å². The quantitative estimate of drug-likeness (QED) is 0.552. The summed E-state index contributed by atoms with van der Waals surface area (Å²) in [4.78, 5) is 10.9. The summed E-state index contributed by atoms with van der Waals surface area (Å²) in [7, 11) is 0. The van der Waals surface area contributed by atoms with Gasteiger partial charge in [-0.25, -0.2) is 9.97 Å². The van der Waals surface area contributed by atoms with E-state index in [1.54, 1.807) is 6.20 Å². The molecular weight excluding hydrogens is 128 g/mol. The highest BCUT2D eigenvalue weighted by molar-refractivity contribution is 5.71. The van der Waals surface area contributed by atoms with Crippen LogP contribution in [-0.4, -0.2) is 15.0 Å². The standard InChI is InChI=1S/C6H6N4/c7-5-3-9-6-4(10-5)1-2-8-6/h1-3H,(H2,7,10)(H,8,9). The van der Waals surface area contributed by atoms with Gasteiger partial charge in [0.1, 0.15) is 11.3 Å². The van der Waals surface area contributed by atoms with Crippen molar-refractivity contribution in [3.8, 4) is 0 Å². The highest BCUT2D eigenvalue weighted by Crippen LogP contribution is 2.06. The maximum atomic E-state index is 5.40. The highest BCUT2D eigenvalue weighted by Gasteiger charge is 1.94. The van der Waals surface area contributed by atoms with Crippen LogP contribution < -0.4 is 5.73 Å². The van der Waals surface area contributed by atoms with Gasteiger partial charge in [0.05, 0.1) is 6.20 Å². The molecule has 2 heterocycles. The number of rotatable bonds is 0. The Morgan fingerprint density at radius 1 is 1.50 bits per heavy atom. The fourth-order valence-corrected chi connectivity index (χ4v) is 0.845. The van der Waals surface area contributed by atoms with E-state index in [0.29, 0.717) is 5.82 Å². The molecule has 0 amide bonds. The number of nitrogen functional groups attached to an aromatic ring is 1. The minimum atomic E-state index is 0.451. The summed E-state index contributed by atoms with van der Waals surface area (Å²) < 4.78 is 0. The number of nitrogens with two attached hydrogens (primary N) is 1. The maximum Gasteiger partial charge on any atom is 0.156 e. The van der Waals surface area contributed by atoms with Crippen LogP contribution >= 0.6 is 0 Å². The number of nitrogens with zero attached hydrogens (tertiary/aromatic N) is 2. The molecule has 0 atom stereocenters. The normalized spacial score (nSPS) is 10.4. The summed E-state index contributed by atoms with van der Waals surface area (Å²) in [6, 6.07) is 1.83. The van der Waals surface area contributed by atoms with Crippen LogP contribution in [0.1, 0.15) is 0 Å². The maximum absolute atomic E-state index is 5.40. The molecule has 0 fully saturated rings. The SMILES string of the molecule is Nc1cnc2[nH]ccc2n1. The van der Waals surface area contributed by atoms with Crippen LogP contribution in [0.2, 0.25) is 0 Å². The van der Waals surface area contributed by atoms with E-state index in [1.807, 2.05) is 6.07 Å². The van der Waals surface area contributed by atoms with Gasteiger partial charge in [-0.3, -0.25) is 0 Å². The van der Waals surface area contributed by atoms with Gasteiger partial charge in [0, 0.05) is 6.20 Å². The topological polar surface area (TPSA) is 67.6 Å². The Labute approximate surface area is 57.1 Å². The number of H-pyrrole nitrogens is 1. The van der Waals surface area contributed by atoms with Crippen LogP contribution in [0.4, 0.5) is 5.82 Å². The molecule has 2 aromatic rings. The number of fused-ring (bicyclic) bond motifs is 1. The summed E-state index contributed by atoms with van der Waals surface area (Å²) >= 11 is 0. The molecule has 2 aromatic heterocycles. The lowest BCUT2D eigenvalue weighted by atomic mass is 10.5. The second-order valence-corrected chi connectivity index (χ2v) is 2.01. The Kier molecular flexibility index (Phi) is 0.887. The van der Waals surface area contributed by atoms with Gasteiger partial charge in [0.25, 0.3) is 0 Å². The zero-order chi connectivity index (χ0) is 6.97. The molecule has 0 bridgehead atoms. The van der Waals surface area contributed by atoms with E-state index in [1.165, 1.54) is 6.20 Å². The van der Waals surface area contributed by atoms with E-state index in [9.17, 15) is 0 Å². The molecule has 0 aromatic carbocycles. The van der Waals surface area contributed by atoms with E-state index in [4.69, 9.17) is 5.73 Å². The Morgan fingerprint density at radius 3 is 3.30 bits per heavy atom. The summed E-state index contributed by atoms with van der Waals surface area (Å²) in [5, 5.41) is 0. The zero-order valence-corrected chi connectivity index (χ0v) is 5.20. The molecule has 0 radical (unpaired) electrons. The number of hydrogen-bond donors (Lipinski definition) is 2. The molecule has 10 heavy (non-hydrogen) atoms. The van der Waals surface area contributed by atoms with Crippen molar-refractivity contribution in [1.29, 1.82) is 0 Å². The van der Waals surface area contributed by atoms with Gasteiger partial charge >= 0.3 is 0 Å². The Balaban J connectivity index is 2.86. The lowest BCUT2D eigenvalue weighted by molar-refractivity contribution is 1.27. The first-order chi connectivity index (χ1) is 4.86. The molecule has 3 N–H and O–H groups in total. The number of nitrogens with one attached hydrogen (secondary N) is 1. The van der Waals surface area contributed by atoms with Crippen LogP contribution in [0.15, 0.2) is 18.5 Å². The molecule has 0 spiro atoms. The molecule has 4 heteroatoms. The lowest BCUT2D eigenvalue weighted by Crippen LogP contribution is -1.90. The number of aromatic nitrogens is 3.